The lowest BCUT2D eigenvalue weighted by Crippen LogP contribution is -2.29. The number of halogens is 1. The van der Waals surface area contributed by atoms with Gasteiger partial charge in [0.15, 0.2) is 0 Å². The molecular weight excluding hydrogens is 271 g/mol. The highest BCUT2D eigenvalue weighted by molar-refractivity contribution is 5.95. The van der Waals surface area contributed by atoms with Crippen LogP contribution in [0, 0.1) is 12.7 Å². The number of nitrogen functional groups attached to an aromatic ring is 1. The number of carbonyl (C=O) groups excluding carboxylic acids is 1. The predicted molar refractivity (Wildman–Crippen MR) is 79.3 cm³/mol. The number of aliphatic hydroxyl groups is 1. The minimum Gasteiger partial charge on any atom is -0.399 e. The number of hydrogen-bond donors (Lipinski definition) is 3. The first-order chi connectivity index (χ1) is 9.99. The predicted octanol–water partition coefficient (Wildman–Crippen LogP) is 2.18. The van der Waals surface area contributed by atoms with Gasteiger partial charge in [-0.25, -0.2) is 4.39 Å². The van der Waals surface area contributed by atoms with Crippen molar-refractivity contribution in [3.05, 3.63) is 65.0 Å². The lowest BCUT2D eigenvalue weighted by Gasteiger charge is -2.13. The van der Waals surface area contributed by atoms with Gasteiger partial charge >= 0.3 is 0 Å². The lowest BCUT2D eigenvalue weighted by atomic mass is 10.1. The maximum atomic E-state index is 13.9. The third-order valence-corrected chi connectivity index (χ3v) is 3.16. The topological polar surface area (TPSA) is 75.4 Å². The Labute approximate surface area is 122 Å². The van der Waals surface area contributed by atoms with Gasteiger partial charge in [-0.3, -0.25) is 4.79 Å². The van der Waals surface area contributed by atoms with E-state index in [0.717, 1.165) is 0 Å². The Morgan fingerprint density at radius 1 is 1.33 bits per heavy atom. The summed E-state index contributed by atoms with van der Waals surface area (Å²) in [6, 6.07) is 11.7. The van der Waals surface area contributed by atoms with E-state index in [1.807, 2.05) is 6.07 Å². The van der Waals surface area contributed by atoms with Crippen molar-refractivity contribution < 1.29 is 14.3 Å². The molecule has 4 nitrogen and oxygen atoms in total. The van der Waals surface area contributed by atoms with Gasteiger partial charge < -0.3 is 16.2 Å². The van der Waals surface area contributed by atoms with E-state index >= 15 is 0 Å². The molecule has 0 bridgehead atoms. The van der Waals surface area contributed by atoms with E-state index in [4.69, 9.17) is 5.73 Å². The number of amides is 1. The standard InChI is InChI=1S/C16H17FN2O2/c1-10-7-12(18)8-13(15(10)17)16(21)19-9-14(20)11-5-3-2-4-6-11/h2-8,14,20H,9,18H2,1H3,(H,19,21). The van der Waals surface area contributed by atoms with Crippen LogP contribution in [0.2, 0.25) is 0 Å². The van der Waals surface area contributed by atoms with Crippen molar-refractivity contribution in [2.24, 2.45) is 0 Å². The van der Waals surface area contributed by atoms with Crippen molar-refractivity contribution >= 4 is 11.6 Å². The summed E-state index contributed by atoms with van der Waals surface area (Å²) in [5.41, 5.74) is 6.81. The fourth-order valence-electron chi connectivity index (χ4n) is 2.04. The minimum atomic E-state index is -0.847. The summed E-state index contributed by atoms with van der Waals surface area (Å²) < 4.78 is 13.9. The molecule has 0 saturated heterocycles. The van der Waals surface area contributed by atoms with Gasteiger partial charge in [0.25, 0.3) is 5.91 Å². The molecule has 110 valence electrons. The number of carbonyl (C=O) groups is 1. The van der Waals surface area contributed by atoms with Gasteiger partial charge in [0.1, 0.15) is 5.82 Å². The molecule has 2 aromatic rings. The quantitative estimate of drug-likeness (QED) is 0.755. The molecule has 0 aliphatic rings. The second kappa shape index (κ2) is 6.37. The smallest absolute Gasteiger partial charge is 0.254 e. The molecule has 21 heavy (non-hydrogen) atoms. The lowest BCUT2D eigenvalue weighted by molar-refractivity contribution is 0.0912. The van der Waals surface area contributed by atoms with Crippen LogP contribution in [-0.2, 0) is 0 Å². The maximum absolute atomic E-state index is 13.9. The summed E-state index contributed by atoms with van der Waals surface area (Å²) in [5, 5.41) is 12.5. The number of benzene rings is 2. The molecule has 0 aliphatic heterocycles. The van der Waals surface area contributed by atoms with Crippen molar-refractivity contribution in [3.63, 3.8) is 0 Å². The first kappa shape index (κ1) is 15.0. The number of anilines is 1. The van der Waals surface area contributed by atoms with Crippen molar-refractivity contribution in [1.29, 1.82) is 0 Å². The van der Waals surface area contributed by atoms with Crippen LogP contribution in [0.25, 0.3) is 0 Å². The Hall–Kier alpha value is -2.40. The first-order valence-electron chi connectivity index (χ1n) is 6.56. The van der Waals surface area contributed by atoms with Crippen LogP contribution in [0.1, 0.15) is 27.6 Å². The summed E-state index contributed by atoms with van der Waals surface area (Å²) >= 11 is 0. The average molecular weight is 288 g/mol. The molecule has 1 unspecified atom stereocenters. The molecule has 4 N–H and O–H groups in total. The van der Waals surface area contributed by atoms with E-state index in [0.29, 0.717) is 16.8 Å². The maximum Gasteiger partial charge on any atom is 0.254 e. The van der Waals surface area contributed by atoms with E-state index in [-0.39, 0.29) is 12.1 Å². The zero-order chi connectivity index (χ0) is 15.4. The van der Waals surface area contributed by atoms with Crippen LogP contribution in [0.5, 0.6) is 0 Å². The summed E-state index contributed by atoms with van der Waals surface area (Å²) in [4.78, 5) is 12.0. The van der Waals surface area contributed by atoms with E-state index < -0.39 is 17.8 Å². The van der Waals surface area contributed by atoms with Gasteiger partial charge in [-0.1, -0.05) is 30.3 Å². The normalized spacial score (nSPS) is 12.0. The number of nitrogens with one attached hydrogen (secondary N) is 1. The van der Waals surface area contributed by atoms with E-state index in [1.165, 1.54) is 12.1 Å². The monoisotopic (exact) mass is 288 g/mol. The molecule has 0 heterocycles. The molecule has 5 heteroatoms. The van der Waals surface area contributed by atoms with E-state index in [9.17, 15) is 14.3 Å². The number of aliphatic hydroxyl groups excluding tert-OH is 1. The summed E-state index contributed by atoms with van der Waals surface area (Å²) in [5.74, 6) is -1.20. The fourth-order valence-corrected chi connectivity index (χ4v) is 2.04. The third-order valence-electron chi connectivity index (χ3n) is 3.16. The van der Waals surface area contributed by atoms with Gasteiger partial charge in [-0.15, -0.1) is 0 Å². The Balaban J connectivity index is 2.06. The van der Waals surface area contributed by atoms with Gasteiger partial charge in [0.05, 0.1) is 11.7 Å². The van der Waals surface area contributed by atoms with Gasteiger partial charge in [0, 0.05) is 12.2 Å². The van der Waals surface area contributed by atoms with Crippen LogP contribution in [0.4, 0.5) is 10.1 Å². The van der Waals surface area contributed by atoms with Crippen molar-refractivity contribution in [2.45, 2.75) is 13.0 Å². The molecule has 2 aromatic carbocycles. The summed E-state index contributed by atoms with van der Waals surface area (Å²) in [6.07, 6.45) is -0.847. The summed E-state index contributed by atoms with van der Waals surface area (Å²) in [7, 11) is 0. The SMILES string of the molecule is Cc1cc(N)cc(C(=O)NCC(O)c2ccccc2)c1F. The highest BCUT2D eigenvalue weighted by Crippen LogP contribution is 2.17. The largest absolute Gasteiger partial charge is 0.399 e. The third kappa shape index (κ3) is 3.58. The Kier molecular flexibility index (Phi) is 4.55. The Bertz CT molecular complexity index is 644. The molecule has 0 fully saturated rings. The molecule has 1 amide bonds. The molecule has 0 aromatic heterocycles. The Morgan fingerprint density at radius 2 is 2.00 bits per heavy atom. The second-order valence-electron chi connectivity index (χ2n) is 4.84. The zero-order valence-corrected chi connectivity index (χ0v) is 11.6. The minimum absolute atomic E-state index is 0.00384. The van der Waals surface area contributed by atoms with Crippen molar-refractivity contribution in [1.82, 2.24) is 5.32 Å². The molecule has 1 atom stereocenters. The van der Waals surface area contributed by atoms with Crippen LogP contribution in [-0.4, -0.2) is 17.6 Å². The van der Waals surface area contributed by atoms with Crippen LogP contribution in [0.15, 0.2) is 42.5 Å². The summed E-state index contributed by atoms with van der Waals surface area (Å²) in [6.45, 7) is 1.54. The van der Waals surface area contributed by atoms with Crippen LogP contribution < -0.4 is 11.1 Å². The van der Waals surface area contributed by atoms with Crippen LogP contribution >= 0.6 is 0 Å². The van der Waals surface area contributed by atoms with Gasteiger partial charge in [-0.2, -0.15) is 0 Å². The number of nitrogens with two attached hydrogens (primary N) is 1. The average Bonchev–Trinajstić information content (AvgIpc) is 2.49. The number of hydrogen-bond acceptors (Lipinski definition) is 3. The highest BCUT2D eigenvalue weighted by atomic mass is 19.1. The second-order valence-corrected chi connectivity index (χ2v) is 4.84. The molecule has 2 rings (SSSR count). The number of aryl methyl sites for hydroxylation is 1. The fraction of sp³-hybridized carbons (Fsp3) is 0.188. The van der Waals surface area contributed by atoms with Gasteiger partial charge in [-0.05, 0) is 30.2 Å². The van der Waals surface area contributed by atoms with E-state index in [2.05, 4.69) is 5.32 Å². The van der Waals surface area contributed by atoms with Crippen molar-refractivity contribution in [2.75, 3.05) is 12.3 Å². The number of rotatable bonds is 4. The van der Waals surface area contributed by atoms with Crippen LogP contribution in [0.3, 0.4) is 0 Å². The molecule has 0 saturated carbocycles. The van der Waals surface area contributed by atoms with E-state index in [1.54, 1.807) is 31.2 Å². The first-order valence-corrected chi connectivity index (χ1v) is 6.56. The van der Waals surface area contributed by atoms with Crippen molar-refractivity contribution in [3.8, 4) is 0 Å². The highest BCUT2D eigenvalue weighted by Gasteiger charge is 2.16. The molecule has 0 radical (unpaired) electrons. The zero-order valence-electron chi connectivity index (χ0n) is 11.6. The molecular formula is C16H17FN2O2. The molecule has 0 aliphatic carbocycles. The molecule has 0 spiro atoms. The van der Waals surface area contributed by atoms with Gasteiger partial charge in [0.2, 0.25) is 0 Å². The Morgan fingerprint density at radius 3 is 2.67 bits per heavy atom.